The Morgan fingerprint density at radius 3 is 2.52 bits per heavy atom. The summed E-state index contributed by atoms with van der Waals surface area (Å²) < 4.78 is 0. The van der Waals surface area contributed by atoms with E-state index in [1.165, 1.54) is 42.4 Å². The van der Waals surface area contributed by atoms with E-state index >= 15 is 0 Å². The van der Waals surface area contributed by atoms with Gasteiger partial charge in [0.05, 0.1) is 5.52 Å². The van der Waals surface area contributed by atoms with Crippen molar-refractivity contribution in [3.8, 4) is 0 Å². The van der Waals surface area contributed by atoms with Crippen molar-refractivity contribution in [3.05, 3.63) is 59.2 Å². The van der Waals surface area contributed by atoms with Gasteiger partial charge in [-0.1, -0.05) is 35.9 Å². The molecule has 0 spiro atoms. The van der Waals surface area contributed by atoms with Gasteiger partial charge in [0.25, 0.3) is 0 Å². The smallest absolute Gasteiger partial charge is 0.225 e. The fourth-order valence-electron chi connectivity index (χ4n) is 4.56. The summed E-state index contributed by atoms with van der Waals surface area (Å²) in [4.78, 5) is 11.6. The van der Waals surface area contributed by atoms with Gasteiger partial charge in [-0.15, -0.1) is 0 Å². The number of rotatable bonds is 7. The molecule has 0 bridgehead atoms. The normalized spacial score (nSPS) is 18.8. The Morgan fingerprint density at radius 2 is 1.74 bits per heavy atom. The maximum atomic E-state index is 4.80. The van der Waals surface area contributed by atoms with Gasteiger partial charge in [-0.3, -0.25) is 0 Å². The largest absolute Gasteiger partial charge is 0.362 e. The van der Waals surface area contributed by atoms with Crippen molar-refractivity contribution in [1.29, 1.82) is 0 Å². The molecule has 0 saturated heterocycles. The predicted octanol–water partition coefficient (Wildman–Crippen LogP) is 5.07. The van der Waals surface area contributed by atoms with E-state index in [0.29, 0.717) is 6.04 Å². The maximum absolute atomic E-state index is 4.80. The first kappa shape index (κ1) is 21.6. The van der Waals surface area contributed by atoms with E-state index in [1.807, 2.05) is 26.2 Å². The highest BCUT2D eigenvalue weighted by atomic mass is 15.2. The van der Waals surface area contributed by atoms with Crippen LogP contribution < -0.4 is 15.5 Å². The average molecular weight is 418 g/mol. The molecule has 0 radical (unpaired) electrons. The minimum absolute atomic E-state index is 0.450. The van der Waals surface area contributed by atoms with Crippen LogP contribution in [0.4, 0.5) is 11.8 Å². The van der Waals surface area contributed by atoms with E-state index in [9.17, 15) is 0 Å². The van der Waals surface area contributed by atoms with Crippen LogP contribution in [0.5, 0.6) is 0 Å². The zero-order valence-corrected chi connectivity index (χ0v) is 19.3. The van der Waals surface area contributed by atoms with Gasteiger partial charge in [0, 0.05) is 32.1 Å². The zero-order chi connectivity index (χ0) is 21.8. The van der Waals surface area contributed by atoms with Crippen LogP contribution in [0.15, 0.2) is 42.5 Å². The summed E-state index contributed by atoms with van der Waals surface area (Å²) in [5.74, 6) is 2.47. The third-order valence-electron chi connectivity index (χ3n) is 6.44. The molecule has 4 rings (SSSR count). The van der Waals surface area contributed by atoms with Gasteiger partial charge in [0.2, 0.25) is 5.95 Å². The number of aromatic nitrogens is 2. The number of anilines is 2. The van der Waals surface area contributed by atoms with Gasteiger partial charge in [-0.05, 0) is 75.3 Å². The van der Waals surface area contributed by atoms with E-state index < -0.39 is 0 Å². The van der Waals surface area contributed by atoms with Gasteiger partial charge in [0.15, 0.2) is 0 Å². The summed E-state index contributed by atoms with van der Waals surface area (Å²) in [7, 11) is 4.07. The molecule has 0 aliphatic heterocycles. The Kier molecular flexibility index (Phi) is 6.71. The molecular weight excluding hydrogens is 382 g/mol. The lowest BCUT2D eigenvalue weighted by molar-refractivity contribution is 0.323. The number of nitrogens with one attached hydrogen (secondary N) is 2. The van der Waals surface area contributed by atoms with Crippen LogP contribution in [0.2, 0.25) is 0 Å². The van der Waals surface area contributed by atoms with Crippen molar-refractivity contribution >= 4 is 22.7 Å². The molecule has 1 aliphatic rings. The van der Waals surface area contributed by atoms with Gasteiger partial charge < -0.3 is 15.5 Å². The molecule has 164 valence electrons. The molecule has 0 atom stereocenters. The number of nitrogens with zero attached hydrogens (tertiary/aromatic N) is 3. The van der Waals surface area contributed by atoms with E-state index in [1.54, 1.807) is 0 Å². The summed E-state index contributed by atoms with van der Waals surface area (Å²) in [6, 6.07) is 15.4. The molecule has 0 amide bonds. The molecule has 1 fully saturated rings. The lowest BCUT2D eigenvalue weighted by Gasteiger charge is -2.29. The summed E-state index contributed by atoms with van der Waals surface area (Å²) in [6.45, 7) is 6.42. The molecule has 31 heavy (non-hydrogen) atoms. The second kappa shape index (κ2) is 9.65. The molecule has 1 heterocycles. The van der Waals surface area contributed by atoms with Crippen molar-refractivity contribution in [3.63, 3.8) is 0 Å². The Balaban J connectivity index is 1.30. The number of aryl methyl sites for hydroxylation is 2. The quantitative estimate of drug-likeness (QED) is 0.562. The van der Waals surface area contributed by atoms with E-state index in [-0.39, 0.29) is 0 Å². The number of fused-ring (bicyclic) bond motifs is 1. The first-order valence-electron chi connectivity index (χ1n) is 11.5. The third kappa shape index (κ3) is 5.34. The van der Waals surface area contributed by atoms with Crippen LogP contribution in [0, 0.1) is 19.8 Å². The summed E-state index contributed by atoms with van der Waals surface area (Å²) in [6.07, 6.45) is 4.82. The second-order valence-electron chi connectivity index (χ2n) is 9.21. The molecule has 1 saturated carbocycles. The monoisotopic (exact) mass is 417 g/mol. The van der Waals surface area contributed by atoms with Crippen LogP contribution in [-0.4, -0.2) is 36.6 Å². The average Bonchev–Trinajstić information content (AvgIpc) is 2.76. The molecule has 5 nitrogen and oxygen atoms in total. The Labute approximate surface area is 186 Å². The highest BCUT2D eigenvalue weighted by Crippen LogP contribution is 2.28. The zero-order valence-electron chi connectivity index (χ0n) is 19.3. The van der Waals surface area contributed by atoms with E-state index in [4.69, 9.17) is 9.97 Å². The maximum Gasteiger partial charge on any atom is 0.225 e. The predicted molar refractivity (Wildman–Crippen MR) is 131 cm³/mol. The lowest BCUT2D eigenvalue weighted by atomic mass is 9.86. The minimum Gasteiger partial charge on any atom is -0.362 e. The lowest BCUT2D eigenvalue weighted by Crippen LogP contribution is -2.31. The number of benzene rings is 2. The summed E-state index contributed by atoms with van der Waals surface area (Å²) in [5.41, 5.74) is 5.12. The molecule has 1 aliphatic carbocycles. The topological polar surface area (TPSA) is 53.1 Å². The number of para-hydroxylation sites is 1. The van der Waals surface area contributed by atoms with Crippen LogP contribution in [0.25, 0.3) is 10.9 Å². The number of hydrogen-bond acceptors (Lipinski definition) is 5. The first-order chi connectivity index (χ1) is 15.0. The van der Waals surface area contributed by atoms with Crippen molar-refractivity contribution in [2.45, 2.75) is 52.1 Å². The fraction of sp³-hybridized carbons (Fsp3) is 0.462. The van der Waals surface area contributed by atoms with E-state index in [0.717, 1.165) is 41.7 Å². The van der Waals surface area contributed by atoms with Crippen LogP contribution in [0.3, 0.4) is 0 Å². The second-order valence-corrected chi connectivity index (χ2v) is 9.21. The molecule has 1 aromatic heterocycles. The Bertz CT molecular complexity index is 1020. The first-order valence-corrected chi connectivity index (χ1v) is 11.5. The van der Waals surface area contributed by atoms with Crippen molar-refractivity contribution < 1.29 is 0 Å². The highest BCUT2D eigenvalue weighted by molar-refractivity contribution is 5.90. The molecule has 5 heteroatoms. The molecule has 2 N–H and O–H groups in total. The van der Waals surface area contributed by atoms with Crippen molar-refractivity contribution in [2.24, 2.45) is 5.92 Å². The molecule has 2 aromatic carbocycles. The van der Waals surface area contributed by atoms with Gasteiger partial charge in [-0.2, -0.15) is 4.98 Å². The SMILES string of the molecule is Cc1ccc(C)c(CNC[C@H]2CC[C@@H](Nc3nc(N(C)C)c4ccccc4n3)CC2)c1. The highest BCUT2D eigenvalue weighted by Gasteiger charge is 2.22. The van der Waals surface area contributed by atoms with Crippen LogP contribution in [-0.2, 0) is 6.54 Å². The molecule has 0 unspecified atom stereocenters. The van der Waals surface area contributed by atoms with Gasteiger partial charge in [0.1, 0.15) is 5.82 Å². The molecular formula is C26H35N5. The molecule has 3 aromatic rings. The summed E-state index contributed by atoms with van der Waals surface area (Å²) in [5, 5.41) is 8.40. The van der Waals surface area contributed by atoms with Gasteiger partial charge >= 0.3 is 0 Å². The van der Waals surface area contributed by atoms with Crippen molar-refractivity contribution in [1.82, 2.24) is 15.3 Å². The third-order valence-corrected chi connectivity index (χ3v) is 6.44. The number of hydrogen-bond donors (Lipinski definition) is 2. The van der Waals surface area contributed by atoms with Crippen LogP contribution >= 0.6 is 0 Å². The van der Waals surface area contributed by atoms with Crippen LogP contribution in [0.1, 0.15) is 42.4 Å². The Hall–Kier alpha value is -2.66. The van der Waals surface area contributed by atoms with E-state index in [2.05, 4.69) is 59.7 Å². The minimum atomic E-state index is 0.450. The standard InChI is InChI=1S/C26H35N5/c1-18-9-10-19(2)21(15-18)17-27-16-20-11-13-22(14-12-20)28-26-29-24-8-6-5-7-23(24)25(30-26)31(3)4/h5-10,15,20,22,27H,11-14,16-17H2,1-4H3,(H,28,29,30)/t20-,22+. The fourth-order valence-corrected chi connectivity index (χ4v) is 4.56. The Morgan fingerprint density at radius 1 is 0.968 bits per heavy atom. The van der Waals surface area contributed by atoms with Gasteiger partial charge in [-0.25, -0.2) is 4.98 Å². The summed E-state index contributed by atoms with van der Waals surface area (Å²) >= 11 is 0. The van der Waals surface area contributed by atoms with Crippen molar-refractivity contribution in [2.75, 3.05) is 30.9 Å².